The second-order valence-electron chi connectivity index (χ2n) is 7.80. The Labute approximate surface area is 150 Å². The number of aliphatic imine (C=N–C) groups is 1. The maximum Gasteiger partial charge on any atom is 0.191 e. The first-order chi connectivity index (χ1) is 12.1. The molecule has 5 heteroatoms. The van der Waals surface area contributed by atoms with Crippen molar-refractivity contribution < 1.29 is 4.39 Å². The fourth-order valence-corrected chi connectivity index (χ4v) is 3.79. The summed E-state index contributed by atoms with van der Waals surface area (Å²) in [6, 6.07) is 7.84. The quantitative estimate of drug-likeness (QED) is 0.636. The number of halogens is 1. The lowest BCUT2D eigenvalue weighted by molar-refractivity contribution is 0.187. The molecule has 0 amide bonds. The van der Waals surface area contributed by atoms with Gasteiger partial charge in [-0.15, -0.1) is 0 Å². The van der Waals surface area contributed by atoms with Crippen molar-refractivity contribution in [2.75, 3.05) is 26.7 Å². The van der Waals surface area contributed by atoms with Crippen LogP contribution in [0.2, 0.25) is 0 Å². The molecular formula is C20H31FN4. The van der Waals surface area contributed by atoms with E-state index in [0.29, 0.717) is 6.04 Å². The molecule has 1 aliphatic carbocycles. The summed E-state index contributed by atoms with van der Waals surface area (Å²) in [6.45, 7) is 8.03. The third kappa shape index (κ3) is 4.94. The summed E-state index contributed by atoms with van der Waals surface area (Å²) in [6.07, 6.45) is 3.26. The van der Waals surface area contributed by atoms with Gasteiger partial charge in [0.15, 0.2) is 5.96 Å². The average molecular weight is 346 g/mol. The highest BCUT2D eigenvalue weighted by Gasteiger charge is 2.40. The molecule has 0 radical (unpaired) electrons. The van der Waals surface area contributed by atoms with Gasteiger partial charge in [0.1, 0.15) is 5.82 Å². The minimum atomic E-state index is -0.0997. The summed E-state index contributed by atoms with van der Waals surface area (Å²) in [5, 5.41) is 7.02. The van der Waals surface area contributed by atoms with Gasteiger partial charge in [0.05, 0.1) is 0 Å². The van der Waals surface area contributed by atoms with E-state index in [1.54, 1.807) is 12.1 Å². The Morgan fingerprint density at radius 3 is 2.60 bits per heavy atom. The Morgan fingerprint density at radius 2 is 1.96 bits per heavy atom. The average Bonchev–Trinajstić information content (AvgIpc) is 3.35. The van der Waals surface area contributed by atoms with E-state index in [0.717, 1.165) is 49.8 Å². The van der Waals surface area contributed by atoms with Crippen LogP contribution >= 0.6 is 0 Å². The topological polar surface area (TPSA) is 39.7 Å². The first-order valence-corrected chi connectivity index (χ1v) is 9.53. The molecule has 138 valence electrons. The van der Waals surface area contributed by atoms with Gasteiger partial charge >= 0.3 is 0 Å². The van der Waals surface area contributed by atoms with Crippen molar-refractivity contribution in [3.63, 3.8) is 0 Å². The molecule has 2 N–H and O–H groups in total. The smallest absolute Gasteiger partial charge is 0.191 e. The van der Waals surface area contributed by atoms with Crippen LogP contribution in [0.15, 0.2) is 29.3 Å². The SMILES string of the molecule is CN=C(NC1CCN(CC(C)C)CC1)NC1CC1c1ccccc1F. The fraction of sp³-hybridized carbons (Fsp3) is 0.650. The molecule has 0 spiro atoms. The lowest BCUT2D eigenvalue weighted by Crippen LogP contribution is -2.49. The third-order valence-corrected chi connectivity index (χ3v) is 5.19. The molecule has 1 saturated heterocycles. The predicted octanol–water partition coefficient (Wildman–Crippen LogP) is 2.97. The largest absolute Gasteiger partial charge is 0.354 e. The van der Waals surface area contributed by atoms with Crippen molar-refractivity contribution in [3.05, 3.63) is 35.6 Å². The molecule has 1 saturated carbocycles. The molecule has 3 rings (SSSR count). The van der Waals surface area contributed by atoms with E-state index in [2.05, 4.69) is 34.4 Å². The van der Waals surface area contributed by atoms with Crippen LogP contribution in [0.25, 0.3) is 0 Å². The van der Waals surface area contributed by atoms with Crippen LogP contribution < -0.4 is 10.6 Å². The standard InChI is InChI=1S/C20H31FN4/c1-14(2)13-25-10-8-15(9-11-25)23-20(22-3)24-19-12-17(19)16-6-4-5-7-18(16)21/h4-7,14-15,17,19H,8-13H2,1-3H3,(H2,22,23,24). The minimum Gasteiger partial charge on any atom is -0.354 e. The molecule has 2 fully saturated rings. The highest BCUT2D eigenvalue weighted by atomic mass is 19.1. The highest BCUT2D eigenvalue weighted by Crippen LogP contribution is 2.41. The number of likely N-dealkylation sites (tertiary alicyclic amines) is 1. The number of rotatable bonds is 5. The van der Waals surface area contributed by atoms with Crippen molar-refractivity contribution in [2.45, 2.75) is 51.1 Å². The molecule has 0 bridgehead atoms. The van der Waals surface area contributed by atoms with Crippen molar-refractivity contribution in [2.24, 2.45) is 10.9 Å². The number of hydrogen-bond acceptors (Lipinski definition) is 2. The molecule has 1 heterocycles. The van der Waals surface area contributed by atoms with E-state index < -0.39 is 0 Å². The van der Waals surface area contributed by atoms with Gasteiger partial charge in [-0.3, -0.25) is 4.99 Å². The van der Waals surface area contributed by atoms with Crippen LogP contribution in [0, 0.1) is 11.7 Å². The maximum atomic E-state index is 13.9. The number of hydrogen-bond donors (Lipinski definition) is 2. The Hall–Kier alpha value is -1.62. The van der Waals surface area contributed by atoms with Gasteiger partial charge in [0.25, 0.3) is 0 Å². The summed E-state index contributed by atoms with van der Waals surface area (Å²) in [4.78, 5) is 6.92. The lowest BCUT2D eigenvalue weighted by Gasteiger charge is -2.34. The zero-order valence-electron chi connectivity index (χ0n) is 15.6. The van der Waals surface area contributed by atoms with Crippen LogP contribution in [0.3, 0.4) is 0 Å². The monoisotopic (exact) mass is 346 g/mol. The van der Waals surface area contributed by atoms with E-state index in [1.807, 2.05) is 19.2 Å². The normalized spacial score (nSPS) is 25.2. The van der Waals surface area contributed by atoms with Crippen LogP contribution in [-0.2, 0) is 0 Å². The van der Waals surface area contributed by atoms with Crippen molar-refractivity contribution in [1.82, 2.24) is 15.5 Å². The number of nitrogens with zero attached hydrogens (tertiary/aromatic N) is 2. The Morgan fingerprint density at radius 1 is 1.24 bits per heavy atom. The molecule has 2 atom stereocenters. The third-order valence-electron chi connectivity index (χ3n) is 5.19. The maximum absolute atomic E-state index is 13.9. The van der Waals surface area contributed by atoms with Crippen LogP contribution in [0.4, 0.5) is 4.39 Å². The van der Waals surface area contributed by atoms with E-state index in [-0.39, 0.29) is 17.8 Å². The van der Waals surface area contributed by atoms with Crippen molar-refractivity contribution >= 4 is 5.96 Å². The Bertz CT molecular complexity index is 593. The van der Waals surface area contributed by atoms with E-state index in [9.17, 15) is 4.39 Å². The van der Waals surface area contributed by atoms with Gasteiger partial charge in [-0.05, 0) is 36.8 Å². The van der Waals surface area contributed by atoms with Crippen LogP contribution in [0.5, 0.6) is 0 Å². The minimum absolute atomic E-state index is 0.0997. The second-order valence-corrected chi connectivity index (χ2v) is 7.80. The Balaban J connectivity index is 1.45. The van der Waals surface area contributed by atoms with E-state index >= 15 is 0 Å². The van der Waals surface area contributed by atoms with Gasteiger partial charge < -0.3 is 15.5 Å². The number of nitrogens with one attached hydrogen (secondary N) is 2. The first kappa shape index (κ1) is 18.2. The summed E-state index contributed by atoms with van der Waals surface area (Å²) in [7, 11) is 1.81. The van der Waals surface area contributed by atoms with Crippen molar-refractivity contribution in [1.29, 1.82) is 0 Å². The van der Waals surface area contributed by atoms with Gasteiger partial charge in [0, 0.05) is 44.7 Å². The Kier molecular flexibility index (Phi) is 5.94. The number of benzene rings is 1. The predicted molar refractivity (Wildman–Crippen MR) is 101 cm³/mol. The molecular weight excluding hydrogens is 315 g/mol. The van der Waals surface area contributed by atoms with Crippen LogP contribution in [-0.4, -0.2) is 49.6 Å². The van der Waals surface area contributed by atoms with Gasteiger partial charge in [0.2, 0.25) is 0 Å². The molecule has 25 heavy (non-hydrogen) atoms. The first-order valence-electron chi connectivity index (χ1n) is 9.53. The summed E-state index contributed by atoms with van der Waals surface area (Å²) < 4.78 is 13.9. The van der Waals surface area contributed by atoms with Crippen LogP contribution in [0.1, 0.15) is 44.6 Å². The molecule has 2 unspecified atom stereocenters. The summed E-state index contributed by atoms with van der Waals surface area (Å²) in [5.74, 6) is 1.74. The van der Waals surface area contributed by atoms with E-state index in [4.69, 9.17) is 0 Å². The lowest BCUT2D eigenvalue weighted by atomic mass is 10.0. The molecule has 1 aromatic rings. The van der Waals surface area contributed by atoms with Gasteiger partial charge in [-0.1, -0.05) is 32.0 Å². The highest BCUT2D eigenvalue weighted by molar-refractivity contribution is 5.80. The number of piperidine rings is 1. The zero-order chi connectivity index (χ0) is 17.8. The molecule has 0 aromatic heterocycles. The number of guanidine groups is 1. The van der Waals surface area contributed by atoms with Gasteiger partial charge in [-0.2, -0.15) is 0 Å². The summed E-state index contributed by atoms with van der Waals surface area (Å²) >= 11 is 0. The molecule has 2 aliphatic rings. The fourth-order valence-electron chi connectivity index (χ4n) is 3.79. The molecule has 1 aliphatic heterocycles. The van der Waals surface area contributed by atoms with Crippen molar-refractivity contribution in [3.8, 4) is 0 Å². The molecule has 1 aromatic carbocycles. The van der Waals surface area contributed by atoms with Gasteiger partial charge in [-0.25, -0.2) is 4.39 Å². The zero-order valence-corrected chi connectivity index (χ0v) is 15.6. The summed E-state index contributed by atoms with van der Waals surface area (Å²) in [5.41, 5.74) is 0.817. The van der Waals surface area contributed by atoms with E-state index in [1.165, 1.54) is 6.54 Å². The molecule has 4 nitrogen and oxygen atoms in total. The second kappa shape index (κ2) is 8.17.